The van der Waals surface area contributed by atoms with Gasteiger partial charge in [0.25, 0.3) is 10.0 Å². The third-order valence-electron chi connectivity index (χ3n) is 8.27. The molecule has 1 saturated carbocycles. The van der Waals surface area contributed by atoms with Gasteiger partial charge in [0.15, 0.2) is 0 Å². The van der Waals surface area contributed by atoms with E-state index in [4.69, 9.17) is 0 Å². The molecule has 1 aliphatic rings. The van der Waals surface area contributed by atoms with Crippen molar-refractivity contribution in [1.82, 2.24) is 10.2 Å². The van der Waals surface area contributed by atoms with E-state index in [0.717, 1.165) is 47.9 Å². The number of anilines is 1. The van der Waals surface area contributed by atoms with E-state index in [1.54, 1.807) is 41.3 Å². The van der Waals surface area contributed by atoms with Crippen LogP contribution in [0.1, 0.15) is 67.7 Å². The summed E-state index contributed by atoms with van der Waals surface area (Å²) in [5.41, 5.74) is 3.95. The standard InChI is InChI=1S/C34H43N3O4S/c1-5-31(34(39)35-29-16-10-7-11-17-29)36(23-28-14-8-6-9-15-28)33(38)24-37(32-18-12-13-26(3)27(32)4)42(40,41)30-21-19-25(2)20-22-30/h6,8-9,12-15,18-22,29,31H,5,7,10-11,16-17,23-24H2,1-4H3,(H,35,39)/t31-/m1/s1. The van der Waals surface area contributed by atoms with Gasteiger partial charge in [0.05, 0.1) is 10.6 Å². The number of sulfonamides is 1. The summed E-state index contributed by atoms with van der Waals surface area (Å²) < 4.78 is 29.5. The maximum atomic E-state index is 14.3. The number of benzene rings is 3. The van der Waals surface area contributed by atoms with Gasteiger partial charge in [-0.2, -0.15) is 0 Å². The Morgan fingerprint density at radius 2 is 1.55 bits per heavy atom. The fourth-order valence-electron chi connectivity index (χ4n) is 5.60. The molecule has 8 heteroatoms. The second-order valence-corrected chi connectivity index (χ2v) is 13.2. The molecule has 4 rings (SSSR count). The van der Waals surface area contributed by atoms with Crippen molar-refractivity contribution in [3.8, 4) is 0 Å². The number of hydrogen-bond donors (Lipinski definition) is 1. The van der Waals surface area contributed by atoms with Gasteiger partial charge in [-0.25, -0.2) is 8.42 Å². The van der Waals surface area contributed by atoms with E-state index in [0.29, 0.717) is 12.1 Å². The molecule has 2 amide bonds. The lowest BCUT2D eigenvalue weighted by atomic mass is 9.95. The van der Waals surface area contributed by atoms with Crippen LogP contribution in [0.3, 0.4) is 0 Å². The Labute approximate surface area is 251 Å². The molecule has 3 aromatic rings. The Balaban J connectivity index is 1.72. The highest BCUT2D eigenvalue weighted by molar-refractivity contribution is 7.92. The van der Waals surface area contributed by atoms with Crippen molar-refractivity contribution in [1.29, 1.82) is 0 Å². The number of nitrogens with one attached hydrogen (secondary N) is 1. The van der Waals surface area contributed by atoms with Crippen LogP contribution in [0.5, 0.6) is 0 Å². The van der Waals surface area contributed by atoms with Gasteiger partial charge in [-0.3, -0.25) is 13.9 Å². The predicted octanol–water partition coefficient (Wildman–Crippen LogP) is 6.06. The van der Waals surface area contributed by atoms with Crippen LogP contribution in [0.15, 0.2) is 77.7 Å². The largest absolute Gasteiger partial charge is 0.352 e. The predicted molar refractivity (Wildman–Crippen MR) is 168 cm³/mol. The number of rotatable bonds is 11. The first kappa shape index (κ1) is 31.3. The lowest BCUT2D eigenvalue weighted by Crippen LogP contribution is -2.54. The van der Waals surface area contributed by atoms with Gasteiger partial charge >= 0.3 is 0 Å². The molecule has 1 aliphatic carbocycles. The van der Waals surface area contributed by atoms with Crippen LogP contribution >= 0.6 is 0 Å². The quantitative estimate of drug-likeness (QED) is 0.294. The van der Waals surface area contributed by atoms with Crippen molar-refractivity contribution in [2.75, 3.05) is 10.8 Å². The van der Waals surface area contributed by atoms with E-state index in [1.807, 2.05) is 64.1 Å². The minimum Gasteiger partial charge on any atom is -0.352 e. The molecule has 42 heavy (non-hydrogen) atoms. The lowest BCUT2D eigenvalue weighted by molar-refractivity contribution is -0.140. The number of amides is 2. The Bertz CT molecular complexity index is 1470. The van der Waals surface area contributed by atoms with Gasteiger partial charge in [0.1, 0.15) is 12.6 Å². The molecule has 1 N–H and O–H groups in total. The monoisotopic (exact) mass is 589 g/mol. The summed E-state index contributed by atoms with van der Waals surface area (Å²) in [5, 5.41) is 3.19. The normalized spacial score (nSPS) is 14.7. The molecule has 7 nitrogen and oxygen atoms in total. The number of carbonyl (C=O) groups is 2. The smallest absolute Gasteiger partial charge is 0.264 e. The highest BCUT2D eigenvalue weighted by Gasteiger charge is 2.35. The third-order valence-corrected chi connectivity index (χ3v) is 10.0. The van der Waals surface area contributed by atoms with Crippen LogP contribution < -0.4 is 9.62 Å². The van der Waals surface area contributed by atoms with Crippen LogP contribution in [0.25, 0.3) is 0 Å². The van der Waals surface area contributed by atoms with Crippen LogP contribution in [-0.2, 0) is 26.2 Å². The highest BCUT2D eigenvalue weighted by Crippen LogP contribution is 2.29. The average Bonchev–Trinajstić information content (AvgIpc) is 2.98. The van der Waals surface area contributed by atoms with Crippen LogP contribution in [-0.4, -0.2) is 43.8 Å². The van der Waals surface area contributed by atoms with Gasteiger partial charge in [0, 0.05) is 12.6 Å². The first-order valence-electron chi connectivity index (χ1n) is 14.9. The molecule has 0 heterocycles. The van der Waals surface area contributed by atoms with Gasteiger partial charge in [-0.1, -0.05) is 86.3 Å². The van der Waals surface area contributed by atoms with Crippen molar-refractivity contribution in [3.05, 3.63) is 95.1 Å². The van der Waals surface area contributed by atoms with Crippen LogP contribution in [0.2, 0.25) is 0 Å². The summed E-state index contributed by atoms with van der Waals surface area (Å²) in [7, 11) is -4.10. The van der Waals surface area contributed by atoms with E-state index in [2.05, 4.69) is 5.32 Å². The van der Waals surface area contributed by atoms with E-state index >= 15 is 0 Å². The van der Waals surface area contributed by atoms with Crippen molar-refractivity contribution in [2.24, 2.45) is 0 Å². The zero-order valence-electron chi connectivity index (χ0n) is 25.2. The Kier molecular flexibility index (Phi) is 10.4. The Morgan fingerprint density at radius 1 is 0.881 bits per heavy atom. The zero-order chi connectivity index (χ0) is 30.3. The highest BCUT2D eigenvalue weighted by atomic mass is 32.2. The summed E-state index contributed by atoms with van der Waals surface area (Å²) in [5.74, 6) is -0.616. The molecule has 0 saturated heterocycles. The van der Waals surface area contributed by atoms with Crippen molar-refractivity contribution in [2.45, 2.75) is 89.7 Å². The molecule has 0 unspecified atom stereocenters. The maximum absolute atomic E-state index is 14.3. The minimum absolute atomic E-state index is 0.0994. The molecule has 1 atom stereocenters. The van der Waals surface area contributed by atoms with Gasteiger partial charge in [0.2, 0.25) is 11.8 Å². The summed E-state index contributed by atoms with van der Waals surface area (Å²) in [6, 6.07) is 21.0. The molecule has 0 aromatic heterocycles. The Morgan fingerprint density at radius 3 is 2.19 bits per heavy atom. The number of aryl methyl sites for hydroxylation is 2. The zero-order valence-corrected chi connectivity index (χ0v) is 26.0. The van der Waals surface area contributed by atoms with E-state index in [1.165, 1.54) is 10.7 Å². The van der Waals surface area contributed by atoms with Crippen LogP contribution in [0, 0.1) is 20.8 Å². The molecule has 0 spiro atoms. The molecule has 0 bridgehead atoms. The second-order valence-electron chi connectivity index (χ2n) is 11.3. The third kappa shape index (κ3) is 7.40. The summed E-state index contributed by atoms with van der Waals surface area (Å²) >= 11 is 0. The summed E-state index contributed by atoms with van der Waals surface area (Å²) in [6.45, 7) is 7.33. The molecule has 0 radical (unpaired) electrons. The fraction of sp³-hybridized carbons (Fsp3) is 0.412. The second kappa shape index (κ2) is 14.0. The first-order chi connectivity index (χ1) is 20.1. The van der Waals surface area contributed by atoms with Gasteiger partial charge in [-0.05, 0) is 74.9 Å². The molecule has 224 valence electrons. The van der Waals surface area contributed by atoms with Gasteiger partial charge in [-0.15, -0.1) is 0 Å². The Hall–Kier alpha value is -3.65. The van der Waals surface area contributed by atoms with Crippen LogP contribution in [0.4, 0.5) is 5.69 Å². The van der Waals surface area contributed by atoms with Gasteiger partial charge < -0.3 is 10.2 Å². The first-order valence-corrected chi connectivity index (χ1v) is 16.3. The topological polar surface area (TPSA) is 86.8 Å². The van der Waals surface area contributed by atoms with Crippen molar-refractivity contribution >= 4 is 27.5 Å². The molecule has 3 aromatic carbocycles. The number of carbonyl (C=O) groups excluding carboxylic acids is 2. The van der Waals surface area contributed by atoms with Crippen molar-refractivity contribution in [3.63, 3.8) is 0 Å². The van der Waals surface area contributed by atoms with E-state index in [-0.39, 0.29) is 23.4 Å². The molecular weight excluding hydrogens is 546 g/mol. The SMILES string of the molecule is CC[C@H](C(=O)NC1CCCCC1)N(Cc1ccccc1)C(=O)CN(c1cccc(C)c1C)S(=O)(=O)c1ccc(C)cc1. The average molecular weight is 590 g/mol. The van der Waals surface area contributed by atoms with E-state index in [9.17, 15) is 18.0 Å². The summed E-state index contributed by atoms with van der Waals surface area (Å²) in [6.07, 6.45) is 5.61. The maximum Gasteiger partial charge on any atom is 0.264 e. The molecular formula is C34H43N3O4S. The fourth-order valence-corrected chi connectivity index (χ4v) is 7.07. The molecule has 1 fully saturated rings. The molecule has 0 aliphatic heterocycles. The van der Waals surface area contributed by atoms with E-state index < -0.39 is 28.5 Å². The number of hydrogen-bond acceptors (Lipinski definition) is 4. The summed E-state index contributed by atoms with van der Waals surface area (Å²) in [4.78, 5) is 29.6. The van der Waals surface area contributed by atoms with Crippen molar-refractivity contribution < 1.29 is 18.0 Å². The minimum atomic E-state index is -4.10. The number of nitrogens with zero attached hydrogens (tertiary/aromatic N) is 2. The lowest BCUT2D eigenvalue weighted by Gasteiger charge is -2.35.